The summed E-state index contributed by atoms with van der Waals surface area (Å²) in [4.78, 5) is 18.7. The summed E-state index contributed by atoms with van der Waals surface area (Å²) in [5, 5.41) is 14.4. The molecule has 2 bridgehead atoms. The maximum absolute atomic E-state index is 15.5. The molecule has 0 saturated heterocycles. The van der Waals surface area contributed by atoms with Crippen molar-refractivity contribution < 1.29 is 26.8 Å². The van der Waals surface area contributed by atoms with Crippen molar-refractivity contribution in [3.8, 4) is 22.9 Å². The number of halogens is 3. The molecule has 0 spiro atoms. The fourth-order valence-electron chi connectivity index (χ4n) is 6.94. The fourth-order valence-corrected chi connectivity index (χ4v) is 6.94. The number of rotatable bonds is 4. The third-order valence-corrected chi connectivity index (χ3v) is 8.47. The average Bonchev–Trinajstić information content (AvgIpc) is 3.43. The van der Waals surface area contributed by atoms with Crippen LogP contribution >= 0.6 is 0 Å². The van der Waals surface area contributed by atoms with Crippen LogP contribution in [0.25, 0.3) is 16.6 Å². The number of carbonyl (C=O) groups excluding carboxylic acids is 1. The number of amides is 1. The van der Waals surface area contributed by atoms with E-state index in [1.807, 2.05) is 0 Å². The largest absolute Gasteiger partial charge is 0.434 e. The maximum atomic E-state index is 15.5. The van der Waals surface area contributed by atoms with Crippen LogP contribution in [0, 0.1) is 17.1 Å². The van der Waals surface area contributed by atoms with Crippen LogP contribution in [0.1, 0.15) is 75.1 Å². The molecule has 41 heavy (non-hydrogen) atoms. The van der Waals surface area contributed by atoms with Crippen LogP contribution in [0.4, 0.5) is 13.2 Å². The van der Waals surface area contributed by atoms with Gasteiger partial charge in [-0.1, -0.05) is 6.07 Å². The van der Waals surface area contributed by atoms with Crippen molar-refractivity contribution in [3.05, 3.63) is 82.7 Å². The summed E-state index contributed by atoms with van der Waals surface area (Å²) in [7, 11) is 0. The first kappa shape index (κ1) is 22.3. The SMILES string of the molecule is [2H]C([2H])([2H])N1C(=O)c2cccc(OC(F)F)c2[C@H]2C[C@@H]1c1nn3ccc(-c4cnc(C5(C#N)CC(C)(N)C5)c(F)c4)cc3c12. The van der Waals surface area contributed by atoms with Gasteiger partial charge in [-0.2, -0.15) is 19.1 Å². The number of pyridine rings is 2. The van der Waals surface area contributed by atoms with E-state index in [1.165, 1.54) is 35.0 Å². The van der Waals surface area contributed by atoms with Crippen LogP contribution in [-0.4, -0.2) is 44.5 Å². The molecule has 7 rings (SSSR count). The van der Waals surface area contributed by atoms with Crippen LogP contribution in [0.3, 0.4) is 0 Å². The Labute approximate surface area is 237 Å². The Morgan fingerprint density at radius 3 is 2.73 bits per heavy atom. The molecule has 4 heterocycles. The summed E-state index contributed by atoms with van der Waals surface area (Å²) in [5.74, 6) is -2.38. The number of fused-ring (bicyclic) bond motifs is 9. The molecule has 8 nitrogen and oxygen atoms in total. The van der Waals surface area contributed by atoms with E-state index >= 15 is 4.39 Å². The van der Waals surface area contributed by atoms with Crippen LogP contribution in [0.2, 0.25) is 0 Å². The third kappa shape index (κ3) is 3.67. The zero-order chi connectivity index (χ0) is 31.3. The van der Waals surface area contributed by atoms with Crippen molar-refractivity contribution >= 4 is 11.4 Å². The summed E-state index contributed by atoms with van der Waals surface area (Å²) in [6.07, 6.45) is 3.76. The Bertz CT molecular complexity index is 1910. The zero-order valence-corrected chi connectivity index (χ0v) is 21.7. The van der Waals surface area contributed by atoms with Crippen molar-refractivity contribution in [3.63, 3.8) is 0 Å². The van der Waals surface area contributed by atoms with Crippen molar-refractivity contribution in [2.45, 2.75) is 55.7 Å². The first-order valence-corrected chi connectivity index (χ1v) is 13.0. The number of carbonyl (C=O) groups is 1. The molecule has 1 saturated carbocycles. The molecule has 0 unspecified atom stereocenters. The third-order valence-electron chi connectivity index (χ3n) is 8.47. The van der Waals surface area contributed by atoms with Crippen LogP contribution in [-0.2, 0) is 5.41 Å². The van der Waals surface area contributed by atoms with E-state index in [4.69, 9.17) is 14.6 Å². The quantitative estimate of drug-likeness (QED) is 0.373. The Kier molecular flexibility index (Phi) is 4.64. The Morgan fingerprint density at radius 1 is 1.24 bits per heavy atom. The molecule has 1 amide bonds. The Balaban J connectivity index is 1.38. The van der Waals surface area contributed by atoms with Gasteiger partial charge in [0.05, 0.1) is 29.0 Å². The van der Waals surface area contributed by atoms with Gasteiger partial charge in [0.1, 0.15) is 17.0 Å². The first-order chi connectivity index (χ1) is 20.7. The maximum Gasteiger partial charge on any atom is 0.387 e. The van der Waals surface area contributed by atoms with Crippen molar-refractivity contribution in [2.75, 3.05) is 6.98 Å². The minimum absolute atomic E-state index is 0.0363. The Morgan fingerprint density at radius 2 is 2.05 bits per heavy atom. The summed E-state index contributed by atoms with van der Waals surface area (Å²) >= 11 is 0. The highest BCUT2D eigenvalue weighted by atomic mass is 19.3. The van der Waals surface area contributed by atoms with E-state index < -0.39 is 48.2 Å². The number of nitriles is 1. The number of benzene rings is 1. The molecular formula is C30H25F3N6O2. The molecule has 3 aromatic heterocycles. The lowest BCUT2D eigenvalue weighted by Gasteiger charge is -2.48. The molecule has 1 fully saturated rings. The number of nitrogens with two attached hydrogens (primary N) is 1. The van der Waals surface area contributed by atoms with Gasteiger partial charge in [-0.15, -0.1) is 0 Å². The molecule has 3 aliphatic rings. The van der Waals surface area contributed by atoms with Gasteiger partial charge in [-0.3, -0.25) is 9.78 Å². The molecule has 2 atom stereocenters. The smallest absolute Gasteiger partial charge is 0.387 e. The van der Waals surface area contributed by atoms with Gasteiger partial charge in [-0.05, 0) is 62.1 Å². The standard InChI is InChI=1S/C30H25F3N6O2/c1-29(35)12-30(13-29,14-34)26-19(31)8-16(11-36-26)15-6-7-39-20(9-15)24-18-10-21(25(24)37-39)38(2)27(40)17-4-3-5-22(23(17)18)41-28(32)33/h3-9,11,18,21,28H,10,12-13,35H2,1-2H3/t18-,21-,29?,30?/m1/s1/i2D3. The summed E-state index contributed by atoms with van der Waals surface area (Å²) in [6, 6.07) is 10.1. The second-order valence-electron chi connectivity index (χ2n) is 11.4. The van der Waals surface area contributed by atoms with E-state index in [0.29, 0.717) is 27.9 Å². The predicted octanol–water partition coefficient (Wildman–Crippen LogP) is 5.07. The lowest BCUT2D eigenvalue weighted by Crippen LogP contribution is -2.58. The molecule has 2 N–H and O–H groups in total. The van der Waals surface area contributed by atoms with Gasteiger partial charge >= 0.3 is 6.61 Å². The second-order valence-corrected chi connectivity index (χ2v) is 11.4. The average molecular weight is 562 g/mol. The van der Waals surface area contributed by atoms with E-state index in [2.05, 4.69) is 16.2 Å². The molecule has 0 radical (unpaired) electrons. The minimum Gasteiger partial charge on any atom is -0.434 e. The van der Waals surface area contributed by atoms with Crippen molar-refractivity contribution in [1.82, 2.24) is 19.5 Å². The zero-order valence-electron chi connectivity index (χ0n) is 24.7. The minimum atomic E-state index is -3.17. The number of aromatic nitrogens is 3. The molecule has 4 aromatic rings. The number of nitrogens with zero attached hydrogens (tertiary/aromatic N) is 5. The van der Waals surface area contributed by atoms with Gasteiger partial charge in [-0.25, -0.2) is 8.91 Å². The highest BCUT2D eigenvalue weighted by Crippen LogP contribution is 2.54. The fraction of sp³-hybridized carbons (Fsp3) is 0.333. The van der Waals surface area contributed by atoms with Crippen molar-refractivity contribution in [2.24, 2.45) is 5.73 Å². The highest BCUT2D eigenvalue weighted by molar-refractivity contribution is 5.98. The lowest BCUT2D eigenvalue weighted by molar-refractivity contribution is -0.0505. The number of hydrogen-bond donors (Lipinski definition) is 1. The van der Waals surface area contributed by atoms with Gasteiger partial charge < -0.3 is 15.4 Å². The second kappa shape index (κ2) is 8.54. The molecule has 1 aliphatic heterocycles. The van der Waals surface area contributed by atoms with E-state index in [0.717, 1.165) is 4.90 Å². The predicted molar refractivity (Wildman–Crippen MR) is 142 cm³/mol. The van der Waals surface area contributed by atoms with Crippen LogP contribution < -0.4 is 10.5 Å². The van der Waals surface area contributed by atoms with E-state index in [1.54, 1.807) is 25.3 Å². The number of ether oxygens (including phenoxy) is 1. The van der Waals surface area contributed by atoms with Gasteiger partial charge in [0.15, 0.2) is 0 Å². The lowest BCUT2D eigenvalue weighted by atomic mass is 9.57. The summed E-state index contributed by atoms with van der Waals surface area (Å²) in [5.41, 5.74) is 7.01. The molecule has 2 aliphatic carbocycles. The van der Waals surface area contributed by atoms with E-state index in [9.17, 15) is 18.8 Å². The van der Waals surface area contributed by atoms with E-state index in [-0.39, 0.29) is 41.8 Å². The molecule has 208 valence electrons. The van der Waals surface area contributed by atoms with Crippen LogP contribution in [0.5, 0.6) is 5.75 Å². The normalized spacial score (nSPS) is 27.8. The van der Waals surface area contributed by atoms with Gasteiger partial charge in [0.2, 0.25) is 0 Å². The molecular weight excluding hydrogens is 533 g/mol. The highest BCUT2D eigenvalue weighted by Gasteiger charge is 2.54. The van der Waals surface area contributed by atoms with Gasteiger partial charge in [0.25, 0.3) is 5.91 Å². The Hall–Kier alpha value is -4.43. The number of alkyl halides is 2. The number of hydrogen-bond acceptors (Lipinski definition) is 6. The van der Waals surface area contributed by atoms with Crippen LogP contribution in [0.15, 0.2) is 48.8 Å². The topological polar surface area (TPSA) is 110 Å². The molecule has 1 aromatic carbocycles. The summed E-state index contributed by atoms with van der Waals surface area (Å²) in [6.45, 7) is -4.21. The molecule has 11 heteroatoms. The summed E-state index contributed by atoms with van der Waals surface area (Å²) < 4.78 is 73.2. The van der Waals surface area contributed by atoms with Gasteiger partial charge in [0, 0.05) is 57.2 Å². The van der Waals surface area contributed by atoms with Crippen molar-refractivity contribution in [1.29, 1.82) is 5.26 Å². The monoisotopic (exact) mass is 561 g/mol. The first-order valence-electron chi connectivity index (χ1n) is 14.5.